The van der Waals surface area contributed by atoms with E-state index in [0.29, 0.717) is 5.69 Å². The number of benzene rings is 2. The molecule has 0 radical (unpaired) electrons. The number of rotatable bonds is 3. The molecule has 19 heavy (non-hydrogen) atoms. The van der Waals surface area contributed by atoms with E-state index in [4.69, 9.17) is 5.73 Å². The molecule has 2 aromatic carbocycles. The lowest BCUT2D eigenvalue weighted by atomic mass is 10.1. The third kappa shape index (κ3) is 3.12. The molecule has 3 N–H and O–H groups in total. The van der Waals surface area contributed by atoms with E-state index in [1.165, 1.54) is 6.07 Å². The smallest absolute Gasteiger partial charge is 0.254 e. The van der Waals surface area contributed by atoms with Crippen molar-refractivity contribution in [2.45, 2.75) is 6.54 Å². The molecule has 5 heteroatoms. The van der Waals surface area contributed by atoms with Gasteiger partial charge in [-0.2, -0.15) is 0 Å². The van der Waals surface area contributed by atoms with Crippen LogP contribution in [0.5, 0.6) is 0 Å². The van der Waals surface area contributed by atoms with Gasteiger partial charge in [0.25, 0.3) is 5.91 Å². The maximum atomic E-state index is 13.7. The van der Waals surface area contributed by atoms with Crippen LogP contribution in [-0.4, -0.2) is 5.91 Å². The van der Waals surface area contributed by atoms with Gasteiger partial charge in [0, 0.05) is 12.2 Å². The molecule has 0 aliphatic carbocycles. The van der Waals surface area contributed by atoms with Gasteiger partial charge < -0.3 is 11.1 Å². The second-order valence-corrected chi connectivity index (χ2v) is 4.84. The number of amides is 1. The summed E-state index contributed by atoms with van der Waals surface area (Å²) < 4.78 is 14.0. The van der Waals surface area contributed by atoms with Crippen molar-refractivity contribution in [1.29, 1.82) is 0 Å². The first-order valence-electron chi connectivity index (χ1n) is 5.65. The molecule has 0 heterocycles. The highest BCUT2D eigenvalue weighted by molar-refractivity contribution is 9.10. The number of nitrogens with two attached hydrogens (primary N) is 1. The Hall–Kier alpha value is -1.88. The minimum atomic E-state index is -0.568. The number of para-hydroxylation sites is 1. The fourth-order valence-electron chi connectivity index (χ4n) is 1.65. The zero-order valence-electron chi connectivity index (χ0n) is 9.99. The fraction of sp³-hybridized carbons (Fsp3) is 0.0714. The summed E-state index contributed by atoms with van der Waals surface area (Å²) in [7, 11) is 0. The summed E-state index contributed by atoms with van der Waals surface area (Å²) in [6.07, 6.45) is 0. The lowest BCUT2D eigenvalue weighted by Crippen LogP contribution is -2.24. The topological polar surface area (TPSA) is 55.1 Å². The number of carbonyl (C=O) groups excluding carboxylic acids is 1. The van der Waals surface area contributed by atoms with Gasteiger partial charge in [-0.1, -0.05) is 24.3 Å². The molecule has 0 fully saturated rings. The van der Waals surface area contributed by atoms with Crippen molar-refractivity contribution in [1.82, 2.24) is 5.32 Å². The predicted molar refractivity (Wildman–Crippen MR) is 76.1 cm³/mol. The van der Waals surface area contributed by atoms with Crippen molar-refractivity contribution < 1.29 is 9.18 Å². The summed E-state index contributed by atoms with van der Waals surface area (Å²) >= 11 is 3.05. The zero-order chi connectivity index (χ0) is 13.8. The molecular formula is C14H12BrFN2O. The maximum Gasteiger partial charge on any atom is 0.254 e. The number of hydrogen-bond acceptors (Lipinski definition) is 2. The molecule has 0 unspecified atom stereocenters. The van der Waals surface area contributed by atoms with Gasteiger partial charge in [0.05, 0.1) is 10.0 Å². The molecule has 0 bridgehead atoms. The SMILES string of the molecule is Nc1ccccc1CNC(=O)c1cccc(Br)c1F. The number of nitrogens with one attached hydrogen (secondary N) is 1. The van der Waals surface area contributed by atoms with Crippen molar-refractivity contribution >= 4 is 27.5 Å². The van der Waals surface area contributed by atoms with E-state index in [0.717, 1.165) is 5.56 Å². The average molecular weight is 323 g/mol. The number of anilines is 1. The molecule has 3 nitrogen and oxygen atoms in total. The third-order valence-corrected chi connectivity index (χ3v) is 3.30. The molecule has 0 saturated heterocycles. The second-order valence-electron chi connectivity index (χ2n) is 3.98. The molecule has 0 atom stereocenters. The maximum absolute atomic E-state index is 13.7. The van der Waals surface area contributed by atoms with E-state index >= 15 is 0 Å². The monoisotopic (exact) mass is 322 g/mol. The van der Waals surface area contributed by atoms with E-state index in [1.807, 2.05) is 18.2 Å². The van der Waals surface area contributed by atoms with Crippen molar-refractivity contribution in [2.24, 2.45) is 0 Å². The summed E-state index contributed by atoms with van der Waals surface area (Å²) in [6, 6.07) is 11.8. The first-order valence-corrected chi connectivity index (χ1v) is 6.44. The molecule has 98 valence electrons. The van der Waals surface area contributed by atoms with Gasteiger partial charge >= 0.3 is 0 Å². The van der Waals surface area contributed by atoms with Crippen LogP contribution >= 0.6 is 15.9 Å². The summed E-state index contributed by atoms with van der Waals surface area (Å²) in [5.74, 6) is -1.04. The highest BCUT2D eigenvalue weighted by atomic mass is 79.9. The predicted octanol–water partition coefficient (Wildman–Crippen LogP) is 3.10. The van der Waals surface area contributed by atoms with Crippen LogP contribution in [0, 0.1) is 5.82 Å². The van der Waals surface area contributed by atoms with Crippen LogP contribution < -0.4 is 11.1 Å². The van der Waals surface area contributed by atoms with Gasteiger partial charge in [0.2, 0.25) is 0 Å². The average Bonchev–Trinajstić information content (AvgIpc) is 2.40. The Morgan fingerprint density at radius 3 is 2.68 bits per heavy atom. The highest BCUT2D eigenvalue weighted by Gasteiger charge is 2.13. The van der Waals surface area contributed by atoms with Crippen LogP contribution in [0.15, 0.2) is 46.9 Å². The van der Waals surface area contributed by atoms with Crippen LogP contribution in [0.3, 0.4) is 0 Å². The summed E-state index contributed by atoms with van der Waals surface area (Å²) in [4.78, 5) is 11.9. The minimum absolute atomic E-state index is 0.00359. The molecule has 0 spiro atoms. The van der Waals surface area contributed by atoms with Crippen molar-refractivity contribution in [3.8, 4) is 0 Å². The van der Waals surface area contributed by atoms with Gasteiger partial charge in [-0.25, -0.2) is 4.39 Å². The van der Waals surface area contributed by atoms with Gasteiger partial charge in [0.1, 0.15) is 5.82 Å². The molecular weight excluding hydrogens is 311 g/mol. The minimum Gasteiger partial charge on any atom is -0.398 e. The Balaban J connectivity index is 2.10. The quantitative estimate of drug-likeness (QED) is 0.853. The number of nitrogen functional groups attached to an aromatic ring is 1. The standard InChI is InChI=1S/C14H12BrFN2O/c15-11-6-3-5-10(13(11)16)14(19)18-8-9-4-1-2-7-12(9)17/h1-7H,8,17H2,(H,18,19). The van der Waals surface area contributed by atoms with E-state index in [1.54, 1.807) is 18.2 Å². The van der Waals surface area contributed by atoms with E-state index in [9.17, 15) is 9.18 Å². The molecule has 2 rings (SSSR count). The second kappa shape index (κ2) is 5.84. The van der Waals surface area contributed by atoms with E-state index in [-0.39, 0.29) is 16.6 Å². The molecule has 1 amide bonds. The van der Waals surface area contributed by atoms with Crippen LogP contribution in [0.4, 0.5) is 10.1 Å². The van der Waals surface area contributed by atoms with E-state index < -0.39 is 11.7 Å². The first kappa shape index (κ1) is 13.5. The normalized spacial score (nSPS) is 10.2. The lowest BCUT2D eigenvalue weighted by Gasteiger charge is -2.08. The third-order valence-electron chi connectivity index (χ3n) is 2.69. The molecule has 0 aliphatic rings. The zero-order valence-corrected chi connectivity index (χ0v) is 11.6. The number of carbonyl (C=O) groups is 1. The Kier molecular flexibility index (Phi) is 4.16. The van der Waals surface area contributed by atoms with Crippen LogP contribution in [-0.2, 0) is 6.54 Å². The summed E-state index contributed by atoms with van der Waals surface area (Å²) in [5.41, 5.74) is 7.16. The Labute approximate surface area is 118 Å². The first-order chi connectivity index (χ1) is 9.09. The lowest BCUT2D eigenvalue weighted by molar-refractivity contribution is 0.0947. The van der Waals surface area contributed by atoms with E-state index in [2.05, 4.69) is 21.2 Å². The molecule has 2 aromatic rings. The summed E-state index contributed by atoms with van der Waals surface area (Å²) in [6.45, 7) is 0.261. The van der Waals surface area contributed by atoms with Crippen LogP contribution in [0.25, 0.3) is 0 Å². The largest absolute Gasteiger partial charge is 0.398 e. The van der Waals surface area contributed by atoms with Crippen molar-refractivity contribution in [2.75, 3.05) is 5.73 Å². The number of halogens is 2. The number of hydrogen-bond donors (Lipinski definition) is 2. The van der Waals surface area contributed by atoms with Gasteiger partial charge in [-0.15, -0.1) is 0 Å². The summed E-state index contributed by atoms with van der Waals surface area (Å²) in [5, 5.41) is 2.64. The molecule has 0 saturated carbocycles. The van der Waals surface area contributed by atoms with Gasteiger partial charge in [0.15, 0.2) is 0 Å². The van der Waals surface area contributed by atoms with Crippen LogP contribution in [0.2, 0.25) is 0 Å². The highest BCUT2D eigenvalue weighted by Crippen LogP contribution is 2.18. The Bertz CT molecular complexity index is 616. The Morgan fingerprint density at radius 1 is 1.21 bits per heavy atom. The Morgan fingerprint density at radius 2 is 1.95 bits per heavy atom. The fourth-order valence-corrected chi connectivity index (χ4v) is 2.01. The van der Waals surface area contributed by atoms with Crippen molar-refractivity contribution in [3.63, 3.8) is 0 Å². The molecule has 0 aromatic heterocycles. The van der Waals surface area contributed by atoms with Crippen molar-refractivity contribution in [3.05, 3.63) is 63.9 Å². The molecule has 0 aliphatic heterocycles. The van der Waals surface area contributed by atoms with Crippen LogP contribution in [0.1, 0.15) is 15.9 Å². The van der Waals surface area contributed by atoms with Gasteiger partial charge in [-0.3, -0.25) is 4.79 Å². The van der Waals surface area contributed by atoms with Gasteiger partial charge in [-0.05, 0) is 39.7 Å².